The number of hydrogen-bond acceptors (Lipinski definition) is 8. The zero-order chi connectivity index (χ0) is 17.2. The standard InChI is InChI=1S/C13H11N5O4S2/c1-8-16-17-13(23-8)15-12(19)10-4-5-11(22-10)24(20,21)18-9-3-2-6-14-7-9/h2-7,18H,1H3,(H,15,17,19). The molecule has 0 aliphatic carbocycles. The monoisotopic (exact) mass is 365 g/mol. The topological polar surface area (TPSA) is 127 Å². The first kappa shape index (κ1) is 16.1. The SMILES string of the molecule is Cc1nnc(NC(=O)c2ccc(S(=O)(=O)Nc3cccnc3)o2)s1. The molecule has 0 spiro atoms. The van der Waals surface area contributed by atoms with Gasteiger partial charge in [-0.15, -0.1) is 10.2 Å². The van der Waals surface area contributed by atoms with Gasteiger partial charge in [0.25, 0.3) is 15.9 Å². The van der Waals surface area contributed by atoms with Gasteiger partial charge in [-0.25, -0.2) is 0 Å². The number of pyridine rings is 1. The third kappa shape index (κ3) is 3.58. The summed E-state index contributed by atoms with van der Waals surface area (Å²) < 4.78 is 31.9. The van der Waals surface area contributed by atoms with E-state index in [2.05, 4.69) is 25.2 Å². The van der Waals surface area contributed by atoms with Gasteiger partial charge >= 0.3 is 0 Å². The molecular weight excluding hydrogens is 354 g/mol. The molecule has 24 heavy (non-hydrogen) atoms. The fraction of sp³-hybridized carbons (Fsp3) is 0.0769. The van der Waals surface area contributed by atoms with Crippen molar-refractivity contribution in [2.24, 2.45) is 0 Å². The quantitative estimate of drug-likeness (QED) is 0.706. The van der Waals surface area contributed by atoms with Crippen molar-refractivity contribution in [3.63, 3.8) is 0 Å². The number of aromatic nitrogens is 3. The van der Waals surface area contributed by atoms with E-state index in [1.807, 2.05) is 0 Å². The van der Waals surface area contributed by atoms with Gasteiger partial charge in [0.2, 0.25) is 10.2 Å². The summed E-state index contributed by atoms with van der Waals surface area (Å²) in [4.78, 5) is 15.8. The highest BCUT2D eigenvalue weighted by Gasteiger charge is 2.22. The molecule has 0 saturated heterocycles. The molecule has 2 N–H and O–H groups in total. The second-order valence-corrected chi connectivity index (χ2v) is 7.34. The van der Waals surface area contributed by atoms with E-state index >= 15 is 0 Å². The highest BCUT2D eigenvalue weighted by atomic mass is 32.2. The van der Waals surface area contributed by atoms with E-state index in [1.54, 1.807) is 19.1 Å². The minimum absolute atomic E-state index is 0.158. The smallest absolute Gasteiger partial charge is 0.295 e. The Morgan fingerprint density at radius 2 is 2.08 bits per heavy atom. The fourth-order valence-corrected chi connectivity index (χ4v) is 3.29. The van der Waals surface area contributed by atoms with Gasteiger partial charge in [0.05, 0.1) is 11.9 Å². The van der Waals surface area contributed by atoms with Crippen LogP contribution >= 0.6 is 11.3 Å². The van der Waals surface area contributed by atoms with E-state index in [9.17, 15) is 13.2 Å². The van der Waals surface area contributed by atoms with E-state index in [4.69, 9.17) is 4.42 Å². The number of hydrogen-bond donors (Lipinski definition) is 2. The molecule has 0 atom stereocenters. The third-order valence-corrected chi connectivity index (χ3v) is 4.74. The molecule has 3 heterocycles. The lowest BCUT2D eigenvalue weighted by Crippen LogP contribution is -2.13. The molecule has 0 unspecified atom stereocenters. The van der Waals surface area contributed by atoms with E-state index in [1.165, 1.54) is 35.9 Å². The number of carbonyl (C=O) groups excluding carboxylic acids is 1. The molecule has 0 aliphatic rings. The second kappa shape index (κ2) is 6.37. The van der Waals surface area contributed by atoms with Crippen molar-refractivity contribution in [3.8, 4) is 0 Å². The van der Waals surface area contributed by atoms with Crippen LogP contribution in [0.3, 0.4) is 0 Å². The molecule has 3 rings (SSSR count). The summed E-state index contributed by atoms with van der Waals surface area (Å²) >= 11 is 1.19. The summed E-state index contributed by atoms with van der Waals surface area (Å²) in [7, 11) is -3.96. The molecule has 3 aromatic heterocycles. The van der Waals surface area contributed by atoms with Gasteiger partial charge < -0.3 is 4.42 Å². The number of carbonyl (C=O) groups is 1. The van der Waals surface area contributed by atoms with Gasteiger partial charge in [-0.3, -0.25) is 19.8 Å². The molecule has 0 saturated carbocycles. The van der Waals surface area contributed by atoms with Crippen molar-refractivity contribution in [1.29, 1.82) is 0 Å². The zero-order valence-electron chi connectivity index (χ0n) is 12.3. The molecule has 0 fully saturated rings. The van der Waals surface area contributed by atoms with Crippen molar-refractivity contribution < 1.29 is 17.6 Å². The van der Waals surface area contributed by atoms with Gasteiger partial charge in [0.1, 0.15) is 5.01 Å². The number of rotatable bonds is 5. The summed E-state index contributed by atoms with van der Waals surface area (Å²) in [5.41, 5.74) is 0.282. The van der Waals surface area contributed by atoms with Crippen LogP contribution in [0.5, 0.6) is 0 Å². The van der Waals surface area contributed by atoms with Crippen LogP contribution in [0, 0.1) is 6.92 Å². The van der Waals surface area contributed by atoms with Crippen LogP contribution in [0.25, 0.3) is 0 Å². The van der Waals surface area contributed by atoms with Crippen LogP contribution in [0.2, 0.25) is 0 Å². The van der Waals surface area contributed by atoms with Crippen LogP contribution in [-0.2, 0) is 10.0 Å². The molecule has 0 radical (unpaired) electrons. The maximum atomic E-state index is 12.2. The summed E-state index contributed by atoms with van der Waals surface area (Å²) in [5, 5.41) is 10.6. The van der Waals surface area contributed by atoms with Crippen LogP contribution in [0.15, 0.2) is 46.2 Å². The van der Waals surface area contributed by atoms with Gasteiger partial charge in [0, 0.05) is 6.20 Å². The summed E-state index contributed by atoms with van der Waals surface area (Å²) in [6.45, 7) is 1.75. The third-order valence-electron chi connectivity index (χ3n) is 2.73. The van der Waals surface area contributed by atoms with Gasteiger partial charge in [0.15, 0.2) is 5.76 Å². The minimum atomic E-state index is -3.96. The van der Waals surface area contributed by atoms with Crippen LogP contribution in [-0.4, -0.2) is 29.5 Å². The lowest BCUT2D eigenvalue weighted by molar-refractivity contribution is 0.0991. The molecule has 1 amide bonds. The number of furan rings is 1. The van der Waals surface area contributed by atoms with Crippen molar-refractivity contribution in [1.82, 2.24) is 15.2 Å². The molecule has 0 aromatic carbocycles. The zero-order valence-corrected chi connectivity index (χ0v) is 13.9. The predicted molar refractivity (Wildman–Crippen MR) is 86.4 cm³/mol. The molecule has 0 bridgehead atoms. The van der Waals surface area contributed by atoms with Gasteiger partial charge in [-0.2, -0.15) is 8.42 Å². The number of nitrogens with one attached hydrogen (secondary N) is 2. The number of sulfonamides is 1. The Labute approximate surface area is 140 Å². The molecule has 3 aromatic rings. The lowest BCUT2D eigenvalue weighted by atomic mass is 10.4. The molecule has 0 aliphatic heterocycles. The van der Waals surface area contributed by atoms with Crippen molar-refractivity contribution >= 4 is 38.1 Å². The maximum absolute atomic E-state index is 12.2. The van der Waals surface area contributed by atoms with Gasteiger partial charge in [-0.05, 0) is 31.2 Å². The second-order valence-electron chi connectivity index (χ2n) is 4.55. The summed E-state index contributed by atoms with van der Waals surface area (Å²) in [6, 6.07) is 5.59. The van der Waals surface area contributed by atoms with E-state index in [0.717, 1.165) is 0 Å². The normalized spacial score (nSPS) is 11.2. The average molecular weight is 365 g/mol. The Bertz CT molecular complexity index is 965. The van der Waals surface area contributed by atoms with Crippen molar-refractivity contribution in [2.45, 2.75) is 12.0 Å². The molecule has 11 heteroatoms. The first-order valence-electron chi connectivity index (χ1n) is 6.58. The number of amides is 1. The van der Waals surface area contributed by atoms with E-state index < -0.39 is 15.9 Å². The van der Waals surface area contributed by atoms with E-state index in [0.29, 0.717) is 10.1 Å². The Hall–Kier alpha value is -2.79. The Balaban J connectivity index is 1.75. The summed E-state index contributed by atoms with van der Waals surface area (Å²) in [6.07, 6.45) is 2.87. The fourth-order valence-electron chi connectivity index (χ4n) is 1.72. The van der Waals surface area contributed by atoms with Crippen molar-refractivity contribution in [2.75, 3.05) is 10.0 Å². The number of anilines is 2. The Morgan fingerprint density at radius 1 is 1.25 bits per heavy atom. The highest BCUT2D eigenvalue weighted by molar-refractivity contribution is 7.92. The highest BCUT2D eigenvalue weighted by Crippen LogP contribution is 2.20. The molecule has 9 nitrogen and oxygen atoms in total. The van der Waals surface area contributed by atoms with Crippen LogP contribution < -0.4 is 10.0 Å². The molecule has 124 valence electrons. The average Bonchev–Trinajstić information content (AvgIpc) is 3.17. The lowest BCUT2D eigenvalue weighted by Gasteiger charge is -2.04. The largest absolute Gasteiger partial charge is 0.438 e. The van der Waals surface area contributed by atoms with E-state index in [-0.39, 0.29) is 16.5 Å². The number of aryl methyl sites for hydroxylation is 1. The Morgan fingerprint density at radius 3 is 2.75 bits per heavy atom. The van der Waals surface area contributed by atoms with Gasteiger partial charge in [-0.1, -0.05) is 11.3 Å². The maximum Gasteiger partial charge on any atom is 0.295 e. The minimum Gasteiger partial charge on any atom is -0.438 e. The first-order chi connectivity index (χ1) is 11.4. The first-order valence-corrected chi connectivity index (χ1v) is 8.88. The Kier molecular flexibility index (Phi) is 4.27. The van der Waals surface area contributed by atoms with Crippen LogP contribution in [0.4, 0.5) is 10.8 Å². The number of nitrogens with zero attached hydrogens (tertiary/aromatic N) is 3. The molecular formula is C13H11N5O4S2. The van der Waals surface area contributed by atoms with Crippen molar-refractivity contribution in [3.05, 3.63) is 47.4 Å². The van der Waals surface area contributed by atoms with Crippen LogP contribution in [0.1, 0.15) is 15.6 Å². The summed E-state index contributed by atoms with van der Waals surface area (Å²) in [5.74, 6) is -0.775. The predicted octanol–water partition coefficient (Wildman–Crippen LogP) is 1.89.